The quantitative estimate of drug-likeness (QED) is 0.571. The van der Waals surface area contributed by atoms with Gasteiger partial charge in [-0.15, -0.1) is 10.2 Å². The molecule has 124 valence electrons. The van der Waals surface area contributed by atoms with Crippen molar-refractivity contribution >= 4 is 22.5 Å². The zero-order valence-corrected chi connectivity index (χ0v) is 13.6. The fraction of sp³-hybridized carbons (Fsp3) is 0.167. The fourth-order valence-electron chi connectivity index (χ4n) is 2.80. The smallest absolute Gasteiger partial charge is 0.280 e. The minimum absolute atomic E-state index is 0.0353. The first-order valence-electron chi connectivity index (χ1n) is 7.93. The van der Waals surface area contributed by atoms with Gasteiger partial charge in [0.05, 0.1) is 6.20 Å². The van der Waals surface area contributed by atoms with Crippen LogP contribution in [-0.4, -0.2) is 30.2 Å². The summed E-state index contributed by atoms with van der Waals surface area (Å²) in [4.78, 5) is 23.7. The maximum absolute atomic E-state index is 12.6. The number of ketones is 1. The van der Waals surface area contributed by atoms with E-state index in [2.05, 4.69) is 15.3 Å². The van der Waals surface area contributed by atoms with Gasteiger partial charge < -0.3 is 4.57 Å². The molecule has 4 rings (SSSR count). The number of aromatic nitrogens is 5. The Morgan fingerprint density at radius 3 is 2.68 bits per heavy atom. The Morgan fingerprint density at radius 2 is 1.92 bits per heavy atom. The lowest BCUT2D eigenvalue weighted by Crippen LogP contribution is -2.22. The number of hydrogen-bond acceptors (Lipinski definition) is 5. The van der Waals surface area contributed by atoms with Gasteiger partial charge in [0, 0.05) is 24.7 Å². The van der Waals surface area contributed by atoms with E-state index < -0.39 is 0 Å². The van der Waals surface area contributed by atoms with Crippen LogP contribution in [0.3, 0.4) is 0 Å². The number of fused-ring (bicyclic) bond motifs is 3. The summed E-state index contributed by atoms with van der Waals surface area (Å²) >= 11 is 0. The fourth-order valence-corrected chi connectivity index (χ4v) is 2.80. The number of benzene rings is 1. The van der Waals surface area contributed by atoms with Gasteiger partial charge in [-0.2, -0.15) is 5.10 Å². The molecule has 0 saturated heterocycles. The Balaban J connectivity index is 1.88. The van der Waals surface area contributed by atoms with Crippen molar-refractivity contribution in [1.29, 1.82) is 0 Å². The molecular weight excluding hydrogens is 318 g/mol. The molecule has 0 bridgehead atoms. The predicted molar refractivity (Wildman–Crippen MR) is 93.3 cm³/mol. The van der Waals surface area contributed by atoms with E-state index in [1.807, 2.05) is 30.3 Å². The lowest BCUT2D eigenvalue weighted by Gasteiger charge is -2.06. The molecule has 0 aliphatic rings. The van der Waals surface area contributed by atoms with Crippen molar-refractivity contribution < 1.29 is 4.79 Å². The summed E-state index contributed by atoms with van der Waals surface area (Å²) in [6.07, 6.45) is 3.69. The first-order valence-corrected chi connectivity index (χ1v) is 7.93. The van der Waals surface area contributed by atoms with Crippen molar-refractivity contribution in [3.05, 3.63) is 59.1 Å². The van der Waals surface area contributed by atoms with E-state index in [0.29, 0.717) is 24.1 Å². The van der Waals surface area contributed by atoms with Gasteiger partial charge in [-0.3, -0.25) is 9.59 Å². The van der Waals surface area contributed by atoms with Gasteiger partial charge in [-0.05, 0) is 18.6 Å². The van der Waals surface area contributed by atoms with Crippen LogP contribution in [0.4, 0.5) is 0 Å². The number of carbonyl (C=O) groups excluding carboxylic acids is 1. The van der Waals surface area contributed by atoms with Crippen molar-refractivity contribution in [1.82, 2.24) is 24.4 Å². The van der Waals surface area contributed by atoms with E-state index in [1.165, 1.54) is 11.5 Å². The van der Waals surface area contributed by atoms with Gasteiger partial charge in [0.1, 0.15) is 11.3 Å². The number of carbonyl (C=O) groups is 1. The van der Waals surface area contributed by atoms with Crippen LogP contribution in [0.15, 0.2) is 53.6 Å². The standard InChI is InChI=1S/C18H15N5O2/c1-12(24)7-9-22-10-8-15-16(18(22)25)20-21-17-14(11-19-23(15)17)13-5-3-2-4-6-13/h2-6,8,10-11H,7,9H2,1H3. The molecular formula is C18H15N5O2. The minimum Gasteiger partial charge on any atom is -0.313 e. The minimum atomic E-state index is -0.273. The monoisotopic (exact) mass is 333 g/mol. The van der Waals surface area contributed by atoms with Crippen molar-refractivity contribution in [2.24, 2.45) is 0 Å². The number of aryl methyl sites for hydroxylation is 1. The summed E-state index contributed by atoms with van der Waals surface area (Å²) < 4.78 is 3.10. The maximum atomic E-state index is 12.6. The van der Waals surface area contributed by atoms with Gasteiger partial charge >= 0.3 is 0 Å². The van der Waals surface area contributed by atoms with Crippen molar-refractivity contribution in [3.8, 4) is 11.1 Å². The van der Waals surface area contributed by atoms with E-state index in [-0.39, 0.29) is 16.9 Å². The molecule has 0 amide bonds. The van der Waals surface area contributed by atoms with Crippen LogP contribution in [0.5, 0.6) is 0 Å². The van der Waals surface area contributed by atoms with E-state index in [0.717, 1.165) is 11.1 Å². The van der Waals surface area contributed by atoms with Crippen molar-refractivity contribution in [2.45, 2.75) is 19.9 Å². The molecule has 0 N–H and O–H groups in total. The van der Waals surface area contributed by atoms with Crippen LogP contribution >= 0.6 is 0 Å². The molecule has 4 aromatic rings. The molecule has 3 heterocycles. The Kier molecular flexibility index (Phi) is 3.61. The zero-order chi connectivity index (χ0) is 17.4. The second-order valence-electron chi connectivity index (χ2n) is 5.86. The summed E-state index contributed by atoms with van der Waals surface area (Å²) in [5, 5.41) is 12.7. The highest BCUT2D eigenvalue weighted by atomic mass is 16.1. The van der Waals surface area contributed by atoms with Crippen LogP contribution in [0.2, 0.25) is 0 Å². The summed E-state index contributed by atoms with van der Waals surface area (Å²) in [5.41, 5.74) is 3.00. The molecule has 0 spiro atoms. The number of nitrogens with zero attached hydrogens (tertiary/aromatic N) is 5. The van der Waals surface area contributed by atoms with Gasteiger partial charge in [0.2, 0.25) is 0 Å². The maximum Gasteiger partial charge on any atom is 0.280 e. The second-order valence-corrected chi connectivity index (χ2v) is 5.86. The first kappa shape index (κ1) is 15.2. The third-order valence-corrected chi connectivity index (χ3v) is 4.12. The van der Waals surface area contributed by atoms with Gasteiger partial charge in [0.25, 0.3) is 5.56 Å². The van der Waals surface area contributed by atoms with Crippen LogP contribution in [0, 0.1) is 0 Å². The predicted octanol–water partition coefficient (Wildman–Crippen LogP) is 2.09. The van der Waals surface area contributed by atoms with Gasteiger partial charge in [-0.1, -0.05) is 30.3 Å². The van der Waals surface area contributed by atoms with Crippen molar-refractivity contribution in [2.75, 3.05) is 0 Å². The average Bonchev–Trinajstić information content (AvgIpc) is 3.06. The topological polar surface area (TPSA) is 82.2 Å². The molecule has 1 aromatic carbocycles. The second kappa shape index (κ2) is 5.94. The van der Waals surface area contributed by atoms with Crippen molar-refractivity contribution in [3.63, 3.8) is 0 Å². The van der Waals surface area contributed by atoms with Gasteiger partial charge in [0.15, 0.2) is 11.2 Å². The van der Waals surface area contributed by atoms with Crippen LogP contribution < -0.4 is 5.56 Å². The SMILES string of the molecule is CC(=O)CCn1ccc2c(nnc3c(-c4ccccc4)cnn32)c1=O. The first-order chi connectivity index (χ1) is 12.1. The molecule has 3 aromatic heterocycles. The van der Waals surface area contributed by atoms with Crippen LogP contribution in [0.1, 0.15) is 13.3 Å². The molecule has 0 saturated carbocycles. The Labute approximate surface area is 142 Å². The highest BCUT2D eigenvalue weighted by Gasteiger charge is 2.14. The molecule has 0 unspecified atom stereocenters. The third-order valence-electron chi connectivity index (χ3n) is 4.12. The number of pyridine rings is 1. The Hall–Kier alpha value is -3.35. The summed E-state index contributed by atoms with van der Waals surface area (Å²) in [6, 6.07) is 11.6. The molecule has 7 heteroatoms. The largest absolute Gasteiger partial charge is 0.313 e. The molecule has 0 aliphatic heterocycles. The third kappa shape index (κ3) is 2.59. The highest BCUT2D eigenvalue weighted by molar-refractivity contribution is 5.82. The van der Waals surface area contributed by atoms with Crippen LogP contribution in [-0.2, 0) is 11.3 Å². The molecule has 0 radical (unpaired) electrons. The molecule has 0 atom stereocenters. The number of Topliss-reactive ketones (excluding diaryl/α,β-unsaturated/α-hetero) is 1. The lowest BCUT2D eigenvalue weighted by molar-refractivity contribution is -0.117. The molecule has 7 nitrogen and oxygen atoms in total. The van der Waals surface area contributed by atoms with E-state index >= 15 is 0 Å². The summed E-state index contributed by atoms with van der Waals surface area (Å²) in [6.45, 7) is 1.84. The summed E-state index contributed by atoms with van der Waals surface area (Å²) in [7, 11) is 0. The van der Waals surface area contributed by atoms with Crippen LogP contribution in [0.25, 0.3) is 27.8 Å². The zero-order valence-electron chi connectivity index (χ0n) is 13.6. The molecule has 0 aliphatic carbocycles. The summed E-state index contributed by atoms with van der Waals surface area (Å²) in [5.74, 6) is 0.0353. The molecule has 25 heavy (non-hydrogen) atoms. The lowest BCUT2D eigenvalue weighted by atomic mass is 10.1. The normalized spacial score (nSPS) is 11.2. The van der Waals surface area contributed by atoms with Gasteiger partial charge in [-0.25, -0.2) is 4.52 Å². The Bertz CT molecular complexity index is 1140. The number of rotatable bonds is 4. The average molecular weight is 333 g/mol. The van der Waals surface area contributed by atoms with E-state index in [9.17, 15) is 9.59 Å². The Morgan fingerprint density at radius 1 is 1.12 bits per heavy atom. The van der Waals surface area contributed by atoms with E-state index in [4.69, 9.17) is 0 Å². The number of hydrogen-bond donors (Lipinski definition) is 0. The molecule has 0 fully saturated rings. The van der Waals surface area contributed by atoms with E-state index in [1.54, 1.807) is 23.0 Å². The highest BCUT2D eigenvalue weighted by Crippen LogP contribution is 2.23.